The first-order chi connectivity index (χ1) is 11.6. The fraction of sp³-hybridized carbons (Fsp3) is 0.222. The molecule has 0 radical (unpaired) electrons. The predicted octanol–water partition coefficient (Wildman–Crippen LogP) is 6.20. The van der Waals surface area contributed by atoms with Crippen LogP contribution >= 0.6 is 34.5 Å². The van der Waals surface area contributed by atoms with Crippen molar-refractivity contribution in [3.8, 4) is 0 Å². The third-order valence-corrected chi connectivity index (χ3v) is 5.15. The number of fused-ring (bicyclic) bond motifs is 1. The van der Waals surface area contributed by atoms with E-state index >= 15 is 0 Å². The fourth-order valence-corrected chi connectivity index (χ4v) is 3.82. The molecule has 0 aliphatic heterocycles. The Balaban J connectivity index is 1.80. The molecule has 0 aliphatic carbocycles. The first-order valence-corrected chi connectivity index (χ1v) is 9.30. The molecule has 0 aliphatic rings. The van der Waals surface area contributed by atoms with E-state index in [4.69, 9.17) is 23.2 Å². The lowest BCUT2D eigenvalue weighted by molar-refractivity contribution is 0.102. The van der Waals surface area contributed by atoms with E-state index < -0.39 is 0 Å². The van der Waals surface area contributed by atoms with Gasteiger partial charge in [-0.25, -0.2) is 4.98 Å². The third-order valence-electron chi connectivity index (χ3n) is 3.67. The van der Waals surface area contributed by atoms with Crippen molar-refractivity contribution in [3.05, 3.63) is 57.6 Å². The zero-order chi connectivity index (χ0) is 17.1. The standard InChI is InChI=1S/C18H16Cl2N2OS/c1-2-3-4-11-5-8-15-16(9-11)24-18(21-15)22-17(23)13-7-6-12(19)10-14(13)20/h5-10H,2-4H2,1H3,(H,21,22,23). The number of rotatable bonds is 5. The summed E-state index contributed by atoms with van der Waals surface area (Å²) in [5, 5.41) is 4.19. The van der Waals surface area contributed by atoms with Crippen LogP contribution in [-0.2, 0) is 6.42 Å². The Labute approximate surface area is 154 Å². The number of anilines is 1. The molecule has 24 heavy (non-hydrogen) atoms. The van der Waals surface area contributed by atoms with Gasteiger partial charge >= 0.3 is 0 Å². The molecule has 0 saturated carbocycles. The number of carbonyl (C=O) groups excluding carboxylic acids is 1. The number of thiazole rings is 1. The van der Waals surface area contributed by atoms with Crippen LogP contribution < -0.4 is 5.32 Å². The summed E-state index contributed by atoms with van der Waals surface area (Å²) >= 11 is 13.4. The summed E-state index contributed by atoms with van der Waals surface area (Å²) < 4.78 is 1.07. The lowest BCUT2D eigenvalue weighted by Crippen LogP contribution is -2.12. The lowest BCUT2D eigenvalue weighted by Gasteiger charge is -2.04. The van der Waals surface area contributed by atoms with Crippen LogP contribution in [-0.4, -0.2) is 10.9 Å². The number of nitrogens with zero attached hydrogens (tertiary/aromatic N) is 1. The van der Waals surface area contributed by atoms with Crippen LogP contribution in [0.4, 0.5) is 5.13 Å². The quantitative estimate of drug-likeness (QED) is 0.574. The summed E-state index contributed by atoms with van der Waals surface area (Å²) in [6, 6.07) is 11.0. The molecule has 124 valence electrons. The average Bonchev–Trinajstić information content (AvgIpc) is 2.94. The molecule has 2 aromatic carbocycles. The molecular formula is C18H16Cl2N2OS. The Morgan fingerprint density at radius 2 is 2.04 bits per heavy atom. The van der Waals surface area contributed by atoms with Crippen LogP contribution in [0.1, 0.15) is 35.7 Å². The van der Waals surface area contributed by atoms with Crippen molar-refractivity contribution < 1.29 is 4.79 Å². The molecule has 0 saturated heterocycles. The van der Waals surface area contributed by atoms with Crippen molar-refractivity contribution in [1.29, 1.82) is 0 Å². The molecule has 1 amide bonds. The zero-order valence-electron chi connectivity index (χ0n) is 13.1. The molecule has 0 bridgehead atoms. The average molecular weight is 379 g/mol. The third kappa shape index (κ3) is 3.89. The van der Waals surface area contributed by atoms with Gasteiger partial charge in [-0.1, -0.05) is 53.9 Å². The van der Waals surface area contributed by atoms with Gasteiger partial charge in [0.1, 0.15) is 0 Å². The van der Waals surface area contributed by atoms with Gasteiger partial charge in [0.2, 0.25) is 0 Å². The molecular weight excluding hydrogens is 363 g/mol. The van der Waals surface area contributed by atoms with Gasteiger partial charge < -0.3 is 0 Å². The summed E-state index contributed by atoms with van der Waals surface area (Å²) in [6.45, 7) is 2.18. The van der Waals surface area contributed by atoms with Gasteiger partial charge in [-0.3, -0.25) is 10.1 Å². The zero-order valence-corrected chi connectivity index (χ0v) is 15.4. The highest BCUT2D eigenvalue weighted by Gasteiger charge is 2.13. The van der Waals surface area contributed by atoms with Gasteiger partial charge in [0, 0.05) is 5.02 Å². The Bertz CT molecular complexity index is 892. The Morgan fingerprint density at radius 1 is 1.21 bits per heavy atom. The van der Waals surface area contributed by atoms with E-state index in [2.05, 4.69) is 29.4 Å². The molecule has 3 nitrogen and oxygen atoms in total. The summed E-state index contributed by atoms with van der Waals surface area (Å²) in [6.07, 6.45) is 3.40. The molecule has 1 N–H and O–H groups in total. The monoisotopic (exact) mass is 378 g/mol. The maximum absolute atomic E-state index is 12.4. The van der Waals surface area contributed by atoms with Gasteiger partial charge in [0.25, 0.3) is 5.91 Å². The number of aryl methyl sites for hydroxylation is 1. The number of carbonyl (C=O) groups is 1. The number of amides is 1. The second-order valence-electron chi connectivity index (χ2n) is 5.50. The van der Waals surface area contributed by atoms with E-state index in [9.17, 15) is 4.79 Å². The molecule has 3 rings (SSSR count). The molecule has 6 heteroatoms. The second-order valence-corrected chi connectivity index (χ2v) is 7.38. The number of unbranched alkanes of at least 4 members (excludes halogenated alkanes) is 1. The van der Waals surface area contributed by atoms with Crippen molar-refractivity contribution in [2.24, 2.45) is 0 Å². The van der Waals surface area contributed by atoms with Gasteiger partial charge in [-0.2, -0.15) is 0 Å². The highest BCUT2D eigenvalue weighted by atomic mass is 35.5. The number of halogens is 2. The molecule has 0 spiro atoms. The van der Waals surface area contributed by atoms with Crippen LogP contribution in [0.5, 0.6) is 0 Å². The second kappa shape index (κ2) is 7.51. The van der Waals surface area contributed by atoms with Crippen LogP contribution in [0.3, 0.4) is 0 Å². The first-order valence-electron chi connectivity index (χ1n) is 7.72. The van der Waals surface area contributed by atoms with E-state index in [1.165, 1.54) is 29.7 Å². The molecule has 0 unspecified atom stereocenters. The van der Waals surface area contributed by atoms with E-state index in [1.54, 1.807) is 18.2 Å². The van der Waals surface area contributed by atoms with Crippen LogP contribution in [0, 0.1) is 0 Å². The van der Waals surface area contributed by atoms with Gasteiger partial charge in [0.05, 0.1) is 20.8 Å². The summed E-state index contributed by atoms with van der Waals surface area (Å²) in [5.74, 6) is -0.290. The van der Waals surface area contributed by atoms with Gasteiger partial charge in [-0.15, -0.1) is 0 Å². The maximum Gasteiger partial charge on any atom is 0.258 e. The smallest absolute Gasteiger partial charge is 0.258 e. The van der Waals surface area contributed by atoms with Crippen molar-refractivity contribution >= 4 is 55.8 Å². The van der Waals surface area contributed by atoms with E-state index in [-0.39, 0.29) is 5.91 Å². The van der Waals surface area contributed by atoms with Crippen molar-refractivity contribution in [1.82, 2.24) is 4.98 Å². The highest BCUT2D eigenvalue weighted by molar-refractivity contribution is 7.22. The molecule has 0 fully saturated rings. The van der Waals surface area contributed by atoms with Crippen LogP contribution in [0.25, 0.3) is 10.2 Å². The first kappa shape index (κ1) is 17.2. The topological polar surface area (TPSA) is 42.0 Å². The largest absolute Gasteiger partial charge is 0.298 e. The maximum atomic E-state index is 12.4. The minimum atomic E-state index is -0.290. The Morgan fingerprint density at radius 3 is 2.79 bits per heavy atom. The number of hydrogen-bond acceptors (Lipinski definition) is 3. The predicted molar refractivity (Wildman–Crippen MR) is 103 cm³/mol. The van der Waals surface area contributed by atoms with Crippen LogP contribution in [0.15, 0.2) is 36.4 Å². The fourth-order valence-electron chi connectivity index (χ4n) is 2.40. The lowest BCUT2D eigenvalue weighted by atomic mass is 10.1. The number of aromatic nitrogens is 1. The highest BCUT2D eigenvalue weighted by Crippen LogP contribution is 2.28. The van der Waals surface area contributed by atoms with E-state index in [1.807, 2.05) is 6.07 Å². The summed E-state index contributed by atoms with van der Waals surface area (Å²) in [4.78, 5) is 16.8. The molecule has 0 atom stereocenters. The Hall–Kier alpha value is -1.62. The van der Waals surface area contributed by atoms with Gasteiger partial charge in [-0.05, 0) is 48.7 Å². The minimum absolute atomic E-state index is 0.290. The van der Waals surface area contributed by atoms with Crippen molar-refractivity contribution in [3.63, 3.8) is 0 Å². The molecule has 1 aromatic heterocycles. The van der Waals surface area contributed by atoms with Crippen molar-refractivity contribution in [2.45, 2.75) is 26.2 Å². The SMILES string of the molecule is CCCCc1ccc2nc(NC(=O)c3ccc(Cl)cc3Cl)sc2c1. The van der Waals surface area contributed by atoms with E-state index in [0.29, 0.717) is 20.7 Å². The van der Waals surface area contributed by atoms with Crippen molar-refractivity contribution in [2.75, 3.05) is 5.32 Å². The van der Waals surface area contributed by atoms with Gasteiger partial charge in [0.15, 0.2) is 5.13 Å². The summed E-state index contributed by atoms with van der Waals surface area (Å²) in [7, 11) is 0. The number of benzene rings is 2. The number of hydrogen-bond donors (Lipinski definition) is 1. The Kier molecular flexibility index (Phi) is 5.39. The normalized spacial score (nSPS) is 11.0. The molecule has 3 aromatic rings. The van der Waals surface area contributed by atoms with E-state index in [0.717, 1.165) is 16.6 Å². The minimum Gasteiger partial charge on any atom is -0.298 e. The van der Waals surface area contributed by atoms with Crippen LogP contribution in [0.2, 0.25) is 10.0 Å². The molecule has 1 heterocycles. The number of nitrogens with one attached hydrogen (secondary N) is 1. The summed E-state index contributed by atoms with van der Waals surface area (Å²) in [5.41, 5.74) is 2.56.